The van der Waals surface area contributed by atoms with Crippen LogP contribution in [0.15, 0.2) is 48.5 Å². The van der Waals surface area contributed by atoms with Gasteiger partial charge in [0.25, 0.3) is 5.91 Å². The van der Waals surface area contributed by atoms with Crippen molar-refractivity contribution < 1.29 is 18.7 Å². The average Bonchev–Trinajstić information content (AvgIpc) is 2.70. The number of nitrogens with one attached hydrogen (secondary N) is 1. The maximum atomic E-state index is 12.9. The van der Waals surface area contributed by atoms with Gasteiger partial charge in [0, 0.05) is 24.2 Å². The topological polar surface area (TPSA) is 58.6 Å². The van der Waals surface area contributed by atoms with Gasteiger partial charge in [-0.15, -0.1) is 0 Å². The highest BCUT2D eigenvalue weighted by Crippen LogP contribution is 2.16. The Balaban J connectivity index is 1.38. The lowest BCUT2D eigenvalue weighted by atomic mass is 10.0. The maximum Gasteiger partial charge on any atom is 0.258 e. The summed E-state index contributed by atoms with van der Waals surface area (Å²) in [4.78, 5) is 26.2. The van der Waals surface area contributed by atoms with Crippen molar-refractivity contribution in [1.82, 2.24) is 10.2 Å². The van der Waals surface area contributed by atoms with E-state index in [2.05, 4.69) is 5.32 Å². The summed E-state index contributed by atoms with van der Waals surface area (Å²) in [5.74, 6) is 0.0991. The summed E-state index contributed by atoms with van der Waals surface area (Å²) < 4.78 is 18.4. The van der Waals surface area contributed by atoms with Gasteiger partial charge in [0.05, 0.1) is 6.42 Å². The first kappa shape index (κ1) is 20.1. The Hall–Kier alpha value is -2.60. The Morgan fingerprint density at radius 2 is 1.71 bits per heavy atom. The first-order valence-corrected chi connectivity index (χ1v) is 9.57. The van der Waals surface area contributed by atoms with Gasteiger partial charge in [-0.25, -0.2) is 4.39 Å². The highest BCUT2D eigenvalue weighted by molar-refractivity contribution is 6.30. The van der Waals surface area contributed by atoms with Gasteiger partial charge in [0.2, 0.25) is 5.91 Å². The number of carbonyl (C=O) groups excluding carboxylic acids is 2. The number of ether oxygens (including phenoxy) is 1. The minimum atomic E-state index is -0.312. The third-order valence-electron chi connectivity index (χ3n) is 4.66. The molecule has 1 aliphatic rings. The van der Waals surface area contributed by atoms with Gasteiger partial charge in [-0.2, -0.15) is 0 Å². The second-order valence-corrected chi connectivity index (χ2v) is 7.20. The van der Waals surface area contributed by atoms with Gasteiger partial charge in [-0.1, -0.05) is 23.7 Å². The molecule has 1 fully saturated rings. The Morgan fingerprint density at radius 3 is 2.36 bits per heavy atom. The van der Waals surface area contributed by atoms with Crippen LogP contribution in [0.4, 0.5) is 4.39 Å². The van der Waals surface area contributed by atoms with Crippen LogP contribution in [-0.2, 0) is 16.0 Å². The smallest absolute Gasteiger partial charge is 0.258 e. The lowest BCUT2D eigenvalue weighted by molar-refractivity contribution is -0.131. The zero-order valence-electron chi connectivity index (χ0n) is 15.4. The molecule has 0 atom stereocenters. The van der Waals surface area contributed by atoms with Crippen LogP contribution in [0.1, 0.15) is 18.4 Å². The molecule has 1 aliphatic heterocycles. The molecule has 0 spiro atoms. The second-order valence-electron chi connectivity index (χ2n) is 6.77. The van der Waals surface area contributed by atoms with E-state index in [1.54, 1.807) is 41.3 Å². The first-order valence-electron chi connectivity index (χ1n) is 9.19. The molecule has 0 unspecified atom stereocenters. The minimum absolute atomic E-state index is 0.0162. The molecule has 0 aliphatic carbocycles. The fraction of sp³-hybridized carbons (Fsp3) is 0.333. The lowest BCUT2D eigenvalue weighted by Crippen LogP contribution is -2.47. The number of benzene rings is 2. The number of rotatable bonds is 6. The van der Waals surface area contributed by atoms with E-state index in [9.17, 15) is 14.0 Å². The van der Waals surface area contributed by atoms with Crippen molar-refractivity contribution in [2.24, 2.45) is 0 Å². The van der Waals surface area contributed by atoms with Crippen molar-refractivity contribution in [1.29, 1.82) is 0 Å². The molecular weight excluding hydrogens is 383 g/mol. The minimum Gasteiger partial charge on any atom is -0.484 e. The van der Waals surface area contributed by atoms with Crippen LogP contribution in [-0.4, -0.2) is 42.5 Å². The van der Waals surface area contributed by atoms with E-state index in [0.717, 1.165) is 5.56 Å². The number of amides is 2. The van der Waals surface area contributed by atoms with Gasteiger partial charge in [-0.3, -0.25) is 9.59 Å². The van der Waals surface area contributed by atoms with E-state index in [1.165, 1.54) is 12.1 Å². The van der Waals surface area contributed by atoms with Crippen LogP contribution in [0.3, 0.4) is 0 Å². The van der Waals surface area contributed by atoms with E-state index in [-0.39, 0.29) is 36.7 Å². The first-order chi connectivity index (χ1) is 13.5. The largest absolute Gasteiger partial charge is 0.484 e. The number of piperidine rings is 1. The van der Waals surface area contributed by atoms with Gasteiger partial charge >= 0.3 is 0 Å². The highest BCUT2D eigenvalue weighted by atomic mass is 35.5. The molecule has 2 aromatic rings. The quantitative estimate of drug-likeness (QED) is 0.804. The molecule has 7 heteroatoms. The van der Waals surface area contributed by atoms with Gasteiger partial charge in [-0.05, 0) is 54.8 Å². The normalized spacial score (nSPS) is 14.6. The molecule has 0 saturated carbocycles. The lowest BCUT2D eigenvalue weighted by Gasteiger charge is -2.32. The Kier molecular flexibility index (Phi) is 6.87. The number of hydrogen-bond donors (Lipinski definition) is 1. The summed E-state index contributed by atoms with van der Waals surface area (Å²) in [6, 6.07) is 12.8. The predicted octanol–water partition coefficient (Wildman–Crippen LogP) is 3.21. The molecule has 0 bridgehead atoms. The van der Waals surface area contributed by atoms with Crippen LogP contribution in [0.2, 0.25) is 5.02 Å². The summed E-state index contributed by atoms with van der Waals surface area (Å²) in [6.45, 7) is 1.11. The standard InChI is InChI=1S/C21H22ClFN2O3/c22-16-3-7-19(8-4-16)28-14-20(26)24-18-9-11-25(12-10-18)21(27)13-15-1-5-17(23)6-2-15/h1-8,18H,9-14H2,(H,24,26). The summed E-state index contributed by atoms with van der Waals surface area (Å²) in [5.41, 5.74) is 0.793. The van der Waals surface area contributed by atoms with Crippen molar-refractivity contribution in [2.75, 3.05) is 19.7 Å². The molecule has 2 amide bonds. The van der Waals surface area contributed by atoms with E-state index < -0.39 is 0 Å². The van der Waals surface area contributed by atoms with Gasteiger partial charge in [0.15, 0.2) is 6.61 Å². The summed E-state index contributed by atoms with van der Waals surface area (Å²) in [6.07, 6.45) is 1.65. The van der Waals surface area contributed by atoms with E-state index in [1.807, 2.05) is 0 Å². The van der Waals surface area contributed by atoms with Crippen molar-refractivity contribution >= 4 is 23.4 Å². The monoisotopic (exact) mass is 404 g/mol. The summed E-state index contributed by atoms with van der Waals surface area (Å²) in [7, 11) is 0. The van der Waals surface area contributed by atoms with Crippen LogP contribution >= 0.6 is 11.6 Å². The zero-order valence-corrected chi connectivity index (χ0v) is 16.1. The molecule has 5 nitrogen and oxygen atoms in total. The molecule has 28 heavy (non-hydrogen) atoms. The average molecular weight is 405 g/mol. The SMILES string of the molecule is O=C(COc1ccc(Cl)cc1)NC1CCN(C(=O)Cc2ccc(F)cc2)CC1. The predicted molar refractivity (Wildman–Crippen MR) is 105 cm³/mol. The Bertz CT molecular complexity index is 803. The van der Waals surface area contributed by atoms with Crippen LogP contribution in [0.5, 0.6) is 5.75 Å². The Labute approximate surface area is 168 Å². The number of likely N-dealkylation sites (tertiary alicyclic amines) is 1. The fourth-order valence-corrected chi connectivity index (χ4v) is 3.24. The summed E-state index contributed by atoms with van der Waals surface area (Å²) in [5, 5.41) is 3.56. The van der Waals surface area contributed by atoms with Gasteiger partial charge in [0.1, 0.15) is 11.6 Å². The van der Waals surface area contributed by atoms with Crippen molar-refractivity contribution in [2.45, 2.75) is 25.3 Å². The van der Waals surface area contributed by atoms with Crippen LogP contribution in [0, 0.1) is 5.82 Å². The third-order valence-corrected chi connectivity index (χ3v) is 4.92. The molecule has 1 heterocycles. The van der Waals surface area contributed by atoms with Crippen molar-refractivity contribution in [3.05, 3.63) is 64.9 Å². The number of carbonyl (C=O) groups is 2. The molecule has 148 valence electrons. The van der Waals surface area contributed by atoms with E-state index in [0.29, 0.717) is 36.7 Å². The second kappa shape index (κ2) is 9.55. The van der Waals surface area contributed by atoms with E-state index >= 15 is 0 Å². The third kappa shape index (κ3) is 5.96. The number of halogens is 2. The maximum absolute atomic E-state index is 12.9. The molecule has 0 aromatic heterocycles. The van der Waals surface area contributed by atoms with Crippen LogP contribution in [0.25, 0.3) is 0 Å². The molecule has 1 N–H and O–H groups in total. The number of hydrogen-bond acceptors (Lipinski definition) is 3. The highest BCUT2D eigenvalue weighted by Gasteiger charge is 2.24. The molecule has 2 aromatic carbocycles. The van der Waals surface area contributed by atoms with Gasteiger partial charge < -0.3 is 15.0 Å². The molecule has 1 saturated heterocycles. The molecule has 0 radical (unpaired) electrons. The Morgan fingerprint density at radius 1 is 1.07 bits per heavy atom. The fourth-order valence-electron chi connectivity index (χ4n) is 3.11. The van der Waals surface area contributed by atoms with E-state index in [4.69, 9.17) is 16.3 Å². The van der Waals surface area contributed by atoms with Crippen molar-refractivity contribution in [3.63, 3.8) is 0 Å². The van der Waals surface area contributed by atoms with Crippen LogP contribution < -0.4 is 10.1 Å². The molecule has 3 rings (SSSR count). The molecular formula is C21H22ClFN2O3. The number of nitrogens with zero attached hydrogens (tertiary/aromatic N) is 1. The van der Waals surface area contributed by atoms with Crippen molar-refractivity contribution in [3.8, 4) is 5.75 Å². The zero-order chi connectivity index (χ0) is 19.9. The summed E-state index contributed by atoms with van der Waals surface area (Å²) >= 11 is 5.81.